The van der Waals surface area contributed by atoms with Crippen molar-refractivity contribution in [2.45, 2.75) is 38.3 Å². The Bertz CT molecular complexity index is 838. The third-order valence-electron chi connectivity index (χ3n) is 4.04. The second-order valence-corrected chi connectivity index (χ2v) is 8.31. The minimum atomic E-state index is -3.55. The monoisotopic (exact) mass is 364 g/mol. The zero-order valence-corrected chi connectivity index (χ0v) is 16.0. The van der Waals surface area contributed by atoms with Crippen LogP contribution in [0.2, 0.25) is 0 Å². The molecule has 0 saturated heterocycles. The highest BCUT2D eigenvalue weighted by Gasteiger charge is 2.23. The molecule has 25 heavy (non-hydrogen) atoms. The predicted molar refractivity (Wildman–Crippen MR) is 95.8 cm³/mol. The summed E-state index contributed by atoms with van der Waals surface area (Å²) in [6.45, 7) is 5.81. The molecule has 7 heteroatoms. The normalized spacial score (nSPS) is 12.0. The van der Waals surface area contributed by atoms with Crippen LogP contribution in [0, 0.1) is 6.92 Å². The summed E-state index contributed by atoms with van der Waals surface area (Å²) in [4.78, 5) is 14.2. The average molecular weight is 364 g/mol. The van der Waals surface area contributed by atoms with Crippen molar-refractivity contribution < 1.29 is 17.6 Å². The molecule has 1 amide bonds. The van der Waals surface area contributed by atoms with Crippen LogP contribution in [0.25, 0.3) is 0 Å². The van der Waals surface area contributed by atoms with E-state index in [1.54, 1.807) is 20.9 Å². The first kappa shape index (κ1) is 19.2. The number of furan rings is 1. The largest absolute Gasteiger partial charge is 0.464 e. The molecule has 0 N–H and O–H groups in total. The molecule has 0 bridgehead atoms. The first-order valence-electron chi connectivity index (χ1n) is 8.02. The van der Waals surface area contributed by atoms with Gasteiger partial charge in [0.05, 0.1) is 11.4 Å². The van der Waals surface area contributed by atoms with Crippen molar-refractivity contribution in [3.63, 3.8) is 0 Å². The lowest BCUT2D eigenvalue weighted by molar-refractivity contribution is 0.0775. The zero-order chi connectivity index (χ0) is 18.8. The van der Waals surface area contributed by atoms with Crippen LogP contribution in [0.15, 0.2) is 45.7 Å². The fourth-order valence-electron chi connectivity index (χ4n) is 2.31. The Morgan fingerprint density at radius 1 is 1.08 bits per heavy atom. The predicted octanol–water partition coefficient (Wildman–Crippen LogP) is 2.89. The topological polar surface area (TPSA) is 70.8 Å². The fraction of sp³-hybridized carbons (Fsp3) is 0.389. The van der Waals surface area contributed by atoms with E-state index in [4.69, 9.17) is 4.42 Å². The molecule has 0 unspecified atom stereocenters. The summed E-state index contributed by atoms with van der Waals surface area (Å²) in [6.07, 6.45) is 0. The highest BCUT2D eigenvalue weighted by molar-refractivity contribution is 7.89. The van der Waals surface area contributed by atoms with Crippen molar-refractivity contribution in [3.05, 3.63) is 53.5 Å². The summed E-state index contributed by atoms with van der Waals surface area (Å²) in [6, 6.07) is 9.53. The molecular weight excluding hydrogens is 340 g/mol. The molecule has 2 aromatic rings. The number of sulfonamides is 1. The van der Waals surface area contributed by atoms with Gasteiger partial charge in [0.1, 0.15) is 11.5 Å². The summed E-state index contributed by atoms with van der Waals surface area (Å²) in [5.41, 5.74) is 0.428. The van der Waals surface area contributed by atoms with Gasteiger partial charge in [-0.3, -0.25) is 4.79 Å². The maximum absolute atomic E-state index is 12.5. The Balaban J connectivity index is 2.14. The van der Waals surface area contributed by atoms with Crippen LogP contribution in [0.1, 0.15) is 35.7 Å². The number of carbonyl (C=O) groups excluding carboxylic acids is 1. The van der Waals surface area contributed by atoms with Crippen molar-refractivity contribution in [2.75, 3.05) is 14.1 Å². The highest BCUT2D eigenvalue weighted by Crippen LogP contribution is 2.18. The molecule has 136 valence electrons. The number of carbonyl (C=O) groups is 1. The Morgan fingerprint density at radius 2 is 1.68 bits per heavy atom. The van der Waals surface area contributed by atoms with Gasteiger partial charge in [-0.25, -0.2) is 8.42 Å². The van der Waals surface area contributed by atoms with Crippen LogP contribution in [0.3, 0.4) is 0 Å². The Labute approximate surface area is 149 Å². The van der Waals surface area contributed by atoms with Crippen molar-refractivity contribution in [1.82, 2.24) is 9.21 Å². The molecule has 0 aliphatic carbocycles. The molecule has 0 aliphatic heterocycles. The lowest BCUT2D eigenvalue weighted by atomic mass is 10.2. The molecule has 0 atom stereocenters. The molecule has 1 aromatic carbocycles. The molecular formula is C18H24N2O4S. The van der Waals surface area contributed by atoms with Crippen molar-refractivity contribution in [3.8, 4) is 0 Å². The van der Waals surface area contributed by atoms with Gasteiger partial charge in [0, 0.05) is 25.7 Å². The van der Waals surface area contributed by atoms with Gasteiger partial charge in [0.25, 0.3) is 5.91 Å². The molecule has 0 saturated carbocycles. The molecule has 1 aromatic heterocycles. The maximum Gasteiger partial charge on any atom is 0.254 e. The summed E-state index contributed by atoms with van der Waals surface area (Å²) < 4.78 is 31.7. The van der Waals surface area contributed by atoms with Gasteiger partial charge < -0.3 is 9.32 Å². The number of hydrogen-bond acceptors (Lipinski definition) is 4. The first-order valence-corrected chi connectivity index (χ1v) is 9.46. The average Bonchev–Trinajstić information content (AvgIpc) is 2.98. The number of hydrogen-bond donors (Lipinski definition) is 0. The Kier molecular flexibility index (Phi) is 5.69. The number of aryl methyl sites for hydroxylation is 1. The van der Waals surface area contributed by atoms with E-state index >= 15 is 0 Å². The lowest BCUT2D eigenvalue weighted by Crippen LogP contribution is -2.33. The number of rotatable bonds is 6. The molecule has 6 nitrogen and oxygen atoms in total. The van der Waals surface area contributed by atoms with E-state index < -0.39 is 10.0 Å². The van der Waals surface area contributed by atoms with Gasteiger partial charge in [0.2, 0.25) is 10.0 Å². The van der Waals surface area contributed by atoms with Gasteiger partial charge in [-0.05, 0) is 57.2 Å². The summed E-state index contributed by atoms with van der Waals surface area (Å²) >= 11 is 0. The number of amides is 1. The Morgan fingerprint density at radius 3 is 2.16 bits per heavy atom. The van der Waals surface area contributed by atoms with E-state index in [9.17, 15) is 13.2 Å². The smallest absolute Gasteiger partial charge is 0.254 e. The summed E-state index contributed by atoms with van der Waals surface area (Å²) in [5.74, 6) is 1.29. The van der Waals surface area contributed by atoms with Gasteiger partial charge in [-0.2, -0.15) is 4.31 Å². The van der Waals surface area contributed by atoms with Crippen LogP contribution in [0.5, 0.6) is 0 Å². The maximum atomic E-state index is 12.5. The highest BCUT2D eigenvalue weighted by atomic mass is 32.2. The first-order chi connectivity index (χ1) is 11.6. The second kappa shape index (κ2) is 7.41. The minimum absolute atomic E-state index is 0.144. The van der Waals surface area contributed by atoms with E-state index in [1.165, 1.54) is 40.5 Å². The molecule has 0 fully saturated rings. The number of benzene rings is 1. The zero-order valence-electron chi connectivity index (χ0n) is 15.2. The Hall–Kier alpha value is -2.12. The van der Waals surface area contributed by atoms with E-state index in [-0.39, 0.29) is 16.8 Å². The summed E-state index contributed by atoms with van der Waals surface area (Å²) in [5, 5.41) is 0. The van der Waals surface area contributed by atoms with E-state index in [1.807, 2.05) is 19.1 Å². The molecule has 0 radical (unpaired) electrons. The van der Waals surface area contributed by atoms with Crippen molar-refractivity contribution in [2.24, 2.45) is 0 Å². The summed E-state index contributed by atoms with van der Waals surface area (Å²) in [7, 11) is -0.335. The fourth-order valence-corrected chi connectivity index (χ4v) is 3.68. The van der Waals surface area contributed by atoms with E-state index in [0.29, 0.717) is 17.9 Å². The van der Waals surface area contributed by atoms with Gasteiger partial charge >= 0.3 is 0 Å². The third-order valence-corrected chi connectivity index (χ3v) is 6.09. The molecule has 1 heterocycles. The van der Waals surface area contributed by atoms with E-state index in [0.717, 1.165) is 5.76 Å². The van der Waals surface area contributed by atoms with Crippen molar-refractivity contribution >= 4 is 15.9 Å². The van der Waals surface area contributed by atoms with Crippen LogP contribution in [-0.4, -0.2) is 43.7 Å². The molecule has 0 aliphatic rings. The SMILES string of the molecule is Cc1ccc(CN(C)C(=O)c2ccc(S(=O)(=O)N(C)C(C)C)cc2)o1. The number of nitrogens with zero attached hydrogens (tertiary/aromatic N) is 2. The van der Waals surface area contributed by atoms with Crippen LogP contribution >= 0.6 is 0 Å². The third kappa shape index (κ3) is 4.29. The quantitative estimate of drug-likeness (QED) is 0.790. The standard InChI is InChI=1S/C18H24N2O4S/c1-13(2)20(5)25(22,23)17-10-7-15(8-11-17)18(21)19(4)12-16-9-6-14(3)24-16/h6-11,13H,12H2,1-5H3. The van der Waals surface area contributed by atoms with Gasteiger partial charge in [0.15, 0.2) is 0 Å². The van der Waals surface area contributed by atoms with Gasteiger partial charge in [-0.1, -0.05) is 0 Å². The van der Waals surface area contributed by atoms with Crippen LogP contribution in [-0.2, 0) is 16.6 Å². The van der Waals surface area contributed by atoms with Crippen LogP contribution in [0.4, 0.5) is 0 Å². The molecule has 0 spiro atoms. The van der Waals surface area contributed by atoms with E-state index in [2.05, 4.69) is 0 Å². The minimum Gasteiger partial charge on any atom is -0.464 e. The van der Waals surface area contributed by atoms with Crippen molar-refractivity contribution in [1.29, 1.82) is 0 Å². The van der Waals surface area contributed by atoms with Gasteiger partial charge in [-0.15, -0.1) is 0 Å². The molecule has 2 rings (SSSR count). The second-order valence-electron chi connectivity index (χ2n) is 6.31. The van der Waals surface area contributed by atoms with Crippen LogP contribution < -0.4 is 0 Å². The lowest BCUT2D eigenvalue weighted by Gasteiger charge is -2.21.